The number of ether oxygens (including phenoxy) is 3. The second kappa shape index (κ2) is 11.3. The molecule has 3 aromatic carbocycles. The molecule has 1 aliphatic rings. The highest BCUT2D eigenvalue weighted by Crippen LogP contribution is 2.47. The van der Waals surface area contributed by atoms with Gasteiger partial charge in [-0.2, -0.15) is 0 Å². The molecule has 0 saturated carbocycles. The van der Waals surface area contributed by atoms with E-state index in [0.717, 1.165) is 16.1 Å². The molecule has 2 atom stereocenters. The predicted molar refractivity (Wildman–Crippen MR) is 136 cm³/mol. The summed E-state index contributed by atoms with van der Waals surface area (Å²) in [4.78, 5) is 31.4. The van der Waals surface area contributed by atoms with Gasteiger partial charge in [0.05, 0.1) is 18.0 Å². The number of fused-ring (bicyclic) bond motifs is 1. The molecule has 0 spiro atoms. The smallest absolute Gasteiger partial charge is 0.497 e. The monoisotopic (exact) mass is 492 g/mol. The molecule has 0 N–H and O–H groups in total. The van der Waals surface area contributed by atoms with Crippen molar-refractivity contribution < 1.29 is 23.8 Å². The van der Waals surface area contributed by atoms with E-state index in [9.17, 15) is 9.59 Å². The van der Waals surface area contributed by atoms with Crippen LogP contribution < -0.4 is 14.4 Å². The van der Waals surface area contributed by atoms with Crippen LogP contribution in [0, 0.1) is 0 Å². The summed E-state index contributed by atoms with van der Waals surface area (Å²) in [6, 6.07) is 23.9. The average Bonchev–Trinajstić information content (AvgIpc) is 2.98. The van der Waals surface area contributed by atoms with Crippen molar-refractivity contribution in [2.75, 3.05) is 39.2 Å². The van der Waals surface area contributed by atoms with Crippen LogP contribution in [-0.4, -0.2) is 57.4 Å². The first-order valence-electron chi connectivity index (χ1n) is 11.3. The number of hydrogen-bond donors (Lipinski definition) is 0. The van der Waals surface area contributed by atoms with Crippen molar-refractivity contribution in [3.05, 3.63) is 84.4 Å². The van der Waals surface area contributed by atoms with Crippen molar-refractivity contribution in [2.45, 2.75) is 16.2 Å². The molecule has 8 heteroatoms. The summed E-state index contributed by atoms with van der Waals surface area (Å²) in [5.74, 6) is 0.753. The second-order valence-corrected chi connectivity index (χ2v) is 9.46. The third kappa shape index (κ3) is 5.96. The van der Waals surface area contributed by atoms with E-state index in [2.05, 4.69) is 0 Å². The number of thioether (sulfide) groups is 1. The van der Waals surface area contributed by atoms with Crippen LogP contribution in [-0.2, 0) is 9.53 Å². The highest BCUT2D eigenvalue weighted by Gasteiger charge is 2.41. The lowest BCUT2D eigenvalue weighted by atomic mass is 10.1. The molecule has 0 aromatic heterocycles. The summed E-state index contributed by atoms with van der Waals surface area (Å²) in [7, 11) is 5.51. The fourth-order valence-electron chi connectivity index (χ4n) is 3.77. The Balaban J connectivity index is 1.71. The fourth-order valence-corrected chi connectivity index (χ4v) is 5.09. The predicted octanol–water partition coefficient (Wildman–Crippen LogP) is 5.02. The van der Waals surface area contributed by atoms with Gasteiger partial charge in [-0.3, -0.25) is 4.79 Å². The Morgan fingerprint density at radius 3 is 2.31 bits per heavy atom. The van der Waals surface area contributed by atoms with Crippen molar-refractivity contribution in [1.29, 1.82) is 0 Å². The van der Waals surface area contributed by atoms with E-state index < -0.39 is 17.5 Å². The van der Waals surface area contributed by atoms with Crippen molar-refractivity contribution in [1.82, 2.24) is 4.90 Å². The van der Waals surface area contributed by atoms with Crippen LogP contribution in [0.1, 0.15) is 10.8 Å². The summed E-state index contributed by atoms with van der Waals surface area (Å²) in [5, 5.41) is -0.484. The first-order valence-corrected chi connectivity index (χ1v) is 12.1. The topological polar surface area (TPSA) is 68.3 Å². The first kappa shape index (κ1) is 24.6. The zero-order chi connectivity index (χ0) is 24.8. The molecule has 1 heterocycles. The maximum atomic E-state index is 14.0. The molecule has 0 unspecified atom stereocenters. The molecule has 0 saturated heterocycles. The van der Waals surface area contributed by atoms with Crippen molar-refractivity contribution in [2.24, 2.45) is 0 Å². The summed E-state index contributed by atoms with van der Waals surface area (Å²) in [5.41, 5.74) is 1.64. The Kier molecular flexibility index (Phi) is 7.94. The highest BCUT2D eigenvalue weighted by molar-refractivity contribution is 7.99. The molecule has 3 aromatic rings. The summed E-state index contributed by atoms with van der Waals surface area (Å²) >= 11 is 1.49. The lowest BCUT2D eigenvalue weighted by Crippen LogP contribution is -2.45. The number of hydrogen-bond acceptors (Lipinski definition) is 7. The number of amides is 1. The zero-order valence-corrected chi connectivity index (χ0v) is 20.7. The molecule has 1 amide bonds. The van der Waals surface area contributed by atoms with Gasteiger partial charge in [0.1, 0.15) is 11.5 Å². The first-order chi connectivity index (χ1) is 17.0. The maximum absolute atomic E-state index is 14.0. The van der Waals surface area contributed by atoms with Crippen molar-refractivity contribution in [3.63, 3.8) is 0 Å². The van der Waals surface area contributed by atoms with Crippen LogP contribution in [0.4, 0.5) is 10.5 Å². The lowest BCUT2D eigenvalue weighted by molar-refractivity contribution is -0.127. The van der Waals surface area contributed by atoms with Gasteiger partial charge in [-0.1, -0.05) is 42.5 Å². The van der Waals surface area contributed by atoms with Crippen LogP contribution >= 0.6 is 11.8 Å². The Bertz CT molecular complexity index is 1150. The van der Waals surface area contributed by atoms with E-state index in [0.29, 0.717) is 24.6 Å². The Labute approximate surface area is 209 Å². The van der Waals surface area contributed by atoms with E-state index in [1.807, 2.05) is 73.6 Å². The molecule has 35 heavy (non-hydrogen) atoms. The molecule has 0 aliphatic carbocycles. The number of nitrogens with zero attached hydrogens (tertiary/aromatic N) is 2. The lowest BCUT2D eigenvalue weighted by Gasteiger charge is -2.28. The molecular formula is C27H28N2O5S. The molecule has 7 nitrogen and oxygen atoms in total. The van der Waals surface area contributed by atoms with Gasteiger partial charge >= 0.3 is 6.16 Å². The number of para-hydroxylation sites is 2. The number of likely N-dealkylation sites (N-methyl/N-ethyl adjacent to an activating group) is 1. The SMILES string of the molecule is COc1ccc([C@H]2Sc3ccccc3N(CCN(C)C)C(=O)[C@H]2OC(=O)Oc2ccccc2)cc1. The van der Waals surface area contributed by atoms with E-state index in [1.165, 1.54) is 11.8 Å². The molecule has 0 bridgehead atoms. The Morgan fingerprint density at radius 2 is 1.63 bits per heavy atom. The summed E-state index contributed by atoms with van der Waals surface area (Å²) < 4.78 is 16.4. The van der Waals surface area contributed by atoms with Gasteiger partial charge in [0, 0.05) is 18.0 Å². The Morgan fingerprint density at radius 1 is 0.943 bits per heavy atom. The maximum Gasteiger partial charge on any atom is 0.514 e. The number of benzene rings is 3. The number of rotatable bonds is 7. The molecule has 1 aliphatic heterocycles. The minimum absolute atomic E-state index is 0.296. The molecular weight excluding hydrogens is 464 g/mol. The van der Waals surface area contributed by atoms with Crippen LogP contribution in [0.5, 0.6) is 11.5 Å². The van der Waals surface area contributed by atoms with Gasteiger partial charge in [-0.15, -0.1) is 11.8 Å². The largest absolute Gasteiger partial charge is 0.514 e. The van der Waals surface area contributed by atoms with Gasteiger partial charge in [0.15, 0.2) is 0 Å². The quantitative estimate of drug-likeness (QED) is 0.339. The van der Waals surface area contributed by atoms with Gasteiger partial charge in [-0.05, 0) is 56.1 Å². The minimum atomic E-state index is -1.10. The summed E-state index contributed by atoms with van der Waals surface area (Å²) in [6.07, 6.45) is -2.02. The number of methoxy groups -OCH3 is 1. The van der Waals surface area contributed by atoms with Gasteiger partial charge in [0.25, 0.3) is 5.91 Å². The third-order valence-electron chi connectivity index (χ3n) is 5.58. The van der Waals surface area contributed by atoms with Crippen molar-refractivity contribution >= 4 is 29.5 Å². The third-order valence-corrected chi connectivity index (χ3v) is 6.95. The number of anilines is 1. The average molecular weight is 493 g/mol. The van der Waals surface area contributed by atoms with Crippen LogP contribution in [0.15, 0.2) is 83.8 Å². The molecule has 0 radical (unpaired) electrons. The Hall–Kier alpha value is -3.49. The normalized spacial score (nSPS) is 17.5. The van der Waals surface area contributed by atoms with E-state index in [-0.39, 0.29) is 5.91 Å². The zero-order valence-electron chi connectivity index (χ0n) is 19.9. The van der Waals surface area contributed by atoms with E-state index in [4.69, 9.17) is 14.2 Å². The van der Waals surface area contributed by atoms with Crippen molar-refractivity contribution in [3.8, 4) is 11.5 Å². The van der Waals surface area contributed by atoms with Gasteiger partial charge in [0.2, 0.25) is 6.10 Å². The van der Waals surface area contributed by atoms with E-state index >= 15 is 0 Å². The van der Waals surface area contributed by atoms with Crippen LogP contribution in [0.25, 0.3) is 0 Å². The van der Waals surface area contributed by atoms with Gasteiger partial charge < -0.3 is 24.0 Å². The van der Waals surface area contributed by atoms with Crippen LogP contribution in [0.2, 0.25) is 0 Å². The molecule has 182 valence electrons. The highest BCUT2D eigenvalue weighted by atomic mass is 32.2. The minimum Gasteiger partial charge on any atom is -0.497 e. The van der Waals surface area contributed by atoms with E-state index in [1.54, 1.807) is 36.3 Å². The fraction of sp³-hybridized carbons (Fsp3) is 0.259. The summed E-state index contributed by atoms with van der Waals surface area (Å²) in [6.45, 7) is 1.10. The number of carbonyl (C=O) groups is 2. The number of carbonyl (C=O) groups excluding carboxylic acids is 2. The molecule has 0 fully saturated rings. The molecule has 4 rings (SSSR count). The van der Waals surface area contributed by atoms with Crippen LogP contribution in [0.3, 0.4) is 0 Å². The van der Waals surface area contributed by atoms with Gasteiger partial charge in [-0.25, -0.2) is 4.79 Å². The standard InChI is InChI=1S/C27H28N2O5S/c1-28(2)17-18-29-22-11-7-8-12-23(22)35-25(19-13-15-20(32-3)16-14-19)24(26(29)30)34-27(31)33-21-9-5-4-6-10-21/h4-16,24-25H,17-18H2,1-3H3/t24-,25+/m0/s1. The second-order valence-electron chi connectivity index (χ2n) is 8.28.